The number of ether oxygens (including phenoxy) is 4. The highest BCUT2D eigenvalue weighted by molar-refractivity contribution is 6.74. The van der Waals surface area contributed by atoms with E-state index in [1.54, 1.807) is 0 Å². The fourth-order valence-electron chi connectivity index (χ4n) is 4.81. The summed E-state index contributed by atoms with van der Waals surface area (Å²) in [6, 6.07) is 0.155. The summed E-state index contributed by atoms with van der Waals surface area (Å²) >= 11 is 0. The fourth-order valence-corrected chi connectivity index (χ4v) is 6.13. The number of hydrogen-bond donors (Lipinski definition) is 0. The standard InChI is InChI=1S/C20H37NO5Si/c1-18(2,3)27(8,9)26-13-11-21-10-12-15(23-19(4,5)22-12)14(21)17-16(13)24-20(6,7)25-17/h12-17H,10-11H2,1-9H3/t12-,13-,14+,15-,16+,17+/m0/s1. The second kappa shape index (κ2) is 6.00. The first-order valence-electron chi connectivity index (χ1n) is 10.3. The monoisotopic (exact) mass is 399 g/mol. The van der Waals surface area contributed by atoms with Crippen molar-refractivity contribution in [1.82, 2.24) is 4.90 Å². The zero-order valence-corrected chi connectivity index (χ0v) is 19.4. The summed E-state index contributed by atoms with van der Waals surface area (Å²) in [5, 5.41) is 0.159. The third-order valence-electron chi connectivity index (χ3n) is 6.93. The molecule has 0 bridgehead atoms. The third-order valence-corrected chi connectivity index (χ3v) is 11.4. The van der Waals surface area contributed by atoms with Gasteiger partial charge in [0.15, 0.2) is 19.9 Å². The minimum atomic E-state index is -1.92. The van der Waals surface area contributed by atoms with E-state index in [-0.39, 0.29) is 41.6 Å². The van der Waals surface area contributed by atoms with Gasteiger partial charge in [0.1, 0.15) is 24.4 Å². The Hall–Kier alpha value is -0.0231. The SMILES string of the molecule is CC1(C)O[C@H]2[C@H](O1)[C@@H](O[Si](C)(C)C(C)(C)C)CN1C[C@@H]3OC(C)(C)O[C@@H]3[C@H]21. The first-order chi connectivity index (χ1) is 12.2. The summed E-state index contributed by atoms with van der Waals surface area (Å²) in [5.41, 5.74) is 0. The highest BCUT2D eigenvalue weighted by atomic mass is 28.4. The van der Waals surface area contributed by atoms with Gasteiger partial charge < -0.3 is 23.4 Å². The van der Waals surface area contributed by atoms with Crippen LogP contribution in [-0.2, 0) is 23.4 Å². The topological polar surface area (TPSA) is 49.4 Å². The van der Waals surface area contributed by atoms with E-state index in [4.69, 9.17) is 23.4 Å². The van der Waals surface area contributed by atoms with Crippen molar-refractivity contribution in [3.8, 4) is 0 Å². The maximum absolute atomic E-state index is 6.83. The molecular formula is C20H37NO5Si. The zero-order valence-electron chi connectivity index (χ0n) is 18.4. The molecule has 4 aliphatic rings. The highest BCUT2D eigenvalue weighted by Crippen LogP contribution is 2.47. The summed E-state index contributed by atoms with van der Waals surface area (Å²) in [6.07, 6.45) is 0.00149. The summed E-state index contributed by atoms with van der Waals surface area (Å²) in [4.78, 5) is 2.45. The van der Waals surface area contributed by atoms with Crippen LogP contribution in [0.15, 0.2) is 0 Å². The molecule has 0 unspecified atom stereocenters. The zero-order chi connectivity index (χ0) is 20.0. The predicted octanol–water partition coefficient (Wildman–Crippen LogP) is 3.11. The van der Waals surface area contributed by atoms with Gasteiger partial charge in [0.25, 0.3) is 0 Å². The van der Waals surface area contributed by atoms with Crippen molar-refractivity contribution in [1.29, 1.82) is 0 Å². The van der Waals surface area contributed by atoms with Crippen LogP contribution in [0.25, 0.3) is 0 Å². The van der Waals surface area contributed by atoms with E-state index in [0.29, 0.717) is 0 Å². The van der Waals surface area contributed by atoms with Crippen LogP contribution in [-0.4, -0.2) is 74.4 Å². The number of rotatable bonds is 2. The van der Waals surface area contributed by atoms with Gasteiger partial charge in [-0.05, 0) is 45.8 Å². The van der Waals surface area contributed by atoms with E-state index in [9.17, 15) is 0 Å². The number of hydrogen-bond acceptors (Lipinski definition) is 6. The van der Waals surface area contributed by atoms with Gasteiger partial charge in [-0.1, -0.05) is 20.8 Å². The third kappa shape index (κ3) is 3.43. The molecule has 156 valence electrons. The lowest BCUT2D eigenvalue weighted by molar-refractivity contribution is -0.179. The Labute approximate surface area is 164 Å². The predicted molar refractivity (Wildman–Crippen MR) is 105 cm³/mol. The fraction of sp³-hybridized carbons (Fsp3) is 1.00. The quantitative estimate of drug-likeness (QED) is 0.665. The minimum absolute atomic E-state index is 0.0146. The molecule has 4 fully saturated rings. The molecule has 0 spiro atoms. The summed E-state index contributed by atoms with van der Waals surface area (Å²) < 4.78 is 32.1. The average molecular weight is 400 g/mol. The molecule has 0 aliphatic carbocycles. The molecule has 4 saturated heterocycles. The van der Waals surface area contributed by atoms with Crippen molar-refractivity contribution >= 4 is 8.32 Å². The summed E-state index contributed by atoms with van der Waals surface area (Å²) in [7, 11) is -1.92. The molecule has 0 aromatic carbocycles. The van der Waals surface area contributed by atoms with Crippen LogP contribution in [0.2, 0.25) is 18.1 Å². The molecule has 0 aromatic heterocycles. The number of piperidine rings is 1. The Morgan fingerprint density at radius 1 is 0.852 bits per heavy atom. The molecule has 27 heavy (non-hydrogen) atoms. The van der Waals surface area contributed by atoms with Crippen molar-refractivity contribution in [2.75, 3.05) is 13.1 Å². The maximum Gasteiger partial charge on any atom is 0.192 e. The Morgan fingerprint density at radius 3 is 2.04 bits per heavy atom. The Bertz CT molecular complexity index is 602. The lowest BCUT2D eigenvalue weighted by Crippen LogP contribution is -2.63. The lowest BCUT2D eigenvalue weighted by Gasteiger charge is -2.47. The largest absolute Gasteiger partial charge is 0.410 e. The van der Waals surface area contributed by atoms with Gasteiger partial charge in [-0.15, -0.1) is 0 Å². The van der Waals surface area contributed by atoms with Crippen molar-refractivity contribution in [3.05, 3.63) is 0 Å². The van der Waals surface area contributed by atoms with Gasteiger partial charge in [0, 0.05) is 13.1 Å². The average Bonchev–Trinajstić information content (AvgIpc) is 3.03. The van der Waals surface area contributed by atoms with Crippen molar-refractivity contribution in [2.24, 2.45) is 0 Å². The molecular weight excluding hydrogens is 362 g/mol. The van der Waals surface area contributed by atoms with E-state index in [1.807, 2.05) is 27.7 Å². The van der Waals surface area contributed by atoms with Gasteiger partial charge in [-0.2, -0.15) is 0 Å². The Balaban J connectivity index is 1.60. The van der Waals surface area contributed by atoms with E-state index in [2.05, 4.69) is 38.8 Å². The van der Waals surface area contributed by atoms with Gasteiger partial charge in [-0.25, -0.2) is 0 Å². The molecule has 0 amide bonds. The first-order valence-corrected chi connectivity index (χ1v) is 13.2. The smallest absolute Gasteiger partial charge is 0.192 e. The van der Waals surface area contributed by atoms with Crippen molar-refractivity contribution in [2.45, 2.75) is 115 Å². The lowest BCUT2D eigenvalue weighted by atomic mass is 9.92. The molecule has 6 nitrogen and oxygen atoms in total. The van der Waals surface area contributed by atoms with Crippen LogP contribution in [0.5, 0.6) is 0 Å². The van der Waals surface area contributed by atoms with E-state index < -0.39 is 19.9 Å². The molecule has 0 saturated carbocycles. The minimum Gasteiger partial charge on any atom is -0.410 e. The number of fused-ring (bicyclic) bond motifs is 5. The second-order valence-corrected chi connectivity index (χ2v) is 15.8. The van der Waals surface area contributed by atoms with Crippen LogP contribution >= 0.6 is 0 Å². The first kappa shape index (κ1) is 20.3. The van der Waals surface area contributed by atoms with Gasteiger partial charge in [0.2, 0.25) is 0 Å². The Morgan fingerprint density at radius 2 is 1.41 bits per heavy atom. The van der Waals surface area contributed by atoms with E-state index in [1.165, 1.54) is 0 Å². The van der Waals surface area contributed by atoms with E-state index in [0.717, 1.165) is 13.1 Å². The summed E-state index contributed by atoms with van der Waals surface area (Å²) in [5.74, 6) is -1.13. The summed E-state index contributed by atoms with van der Waals surface area (Å²) in [6.45, 7) is 21.2. The van der Waals surface area contributed by atoms with Gasteiger partial charge in [-0.3, -0.25) is 4.90 Å². The number of nitrogens with zero attached hydrogens (tertiary/aromatic N) is 1. The van der Waals surface area contributed by atoms with Crippen LogP contribution in [0.4, 0.5) is 0 Å². The van der Waals surface area contributed by atoms with Crippen LogP contribution in [0, 0.1) is 0 Å². The molecule has 6 atom stereocenters. The Kier molecular flexibility index (Phi) is 4.50. The highest BCUT2D eigenvalue weighted by Gasteiger charge is 2.64. The van der Waals surface area contributed by atoms with Gasteiger partial charge >= 0.3 is 0 Å². The molecule has 0 radical (unpaired) electrons. The molecule has 4 rings (SSSR count). The molecule has 4 heterocycles. The van der Waals surface area contributed by atoms with Crippen LogP contribution < -0.4 is 0 Å². The maximum atomic E-state index is 6.83. The van der Waals surface area contributed by atoms with Crippen molar-refractivity contribution in [3.63, 3.8) is 0 Å². The molecule has 0 aromatic rings. The van der Waals surface area contributed by atoms with E-state index >= 15 is 0 Å². The van der Waals surface area contributed by atoms with Crippen LogP contribution in [0.3, 0.4) is 0 Å². The normalized spacial score (nSPS) is 43.4. The second-order valence-electron chi connectivity index (χ2n) is 11.1. The molecule has 7 heteroatoms. The molecule has 4 aliphatic heterocycles. The van der Waals surface area contributed by atoms with Gasteiger partial charge in [0.05, 0.1) is 12.1 Å². The van der Waals surface area contributed by atoms with Crippen molar-refractivity contribution < 1.29 is 23.4 Å². The molecule has 0 N–H and O–H groups in total. The van der Waals surface area contributed by atoms with Crippen LogP contribution in [0.1, 0.15) is 48.5 Å².